The predicted molar refractivity (Wildman–Crippen MR) is 114 cm³/mol. The summed E-state index contributed by atoms with van der Waals surface area (Å²) >= 11 is 0. The quantitative estimate of drug-likeness (QED) is 0.741. The topological polar surface area (TPSA) is 71.0 Å². The Labute approximate surface area is 170 Å². The first kappa shape index (κ1) is 19.4. The van der Waals surface area contributed by atoms with Crippen molar-refractivity contribution in [2.75, 3.05) is 13.1 Å². The Bertz CT molecular complexity index is 1080. The molecule has 1 fully saturated rings. The average molecular weight is 393 g/mol. The smallest absolute Gasteiger partial charge is 0.254 e. The molecule has 1 amide bonds. The van der Waals surface area contributed by atoms with Gasteiger partial charge in [-0.2, -0.15) is 0 Å². The lowest BCUT2D eigenvalue weighted by molar-refractivity contribution is 0.0684. The van der Waals surface area contributed by atoms with E-state index in [0.29, 0.717) is 25.6 Å². The molecule has 0 bridgehead atoms. The zero-order chi connectivity index (χ0) is 20.6. The van der Waals surface area contributed by atoms with Crippen LogP contribution in [0, 0.1) is 5.92 Å². The van der Waals surface area contributed by atoms with Crippen molar-refractivity contribution in [3.8, 4) is 0 Å². The second-order valence-electron chi connectivity index (χ2n) is 8.99. The molecule has 3 aromatic rings. The molecule has 0 unspecified atom stereocenters. The minimum absolute atomic E-state index is 0.00238. The summed E-state index contributed by atoms with van der Waals surface area (Å²) in [7, 11) is 0. The monoisotopic (exact) mass is 392 g/mol. The summed E-state index contributed by atoms with van der Waals surface area (Å²) in [5.41, 5.74) is 2.42. The highest BCUT2D eigenvalue weighted by atomic mass is 16.2. The molecule has 1 aliphatic rings. The highest BCUT2D eigenvalue weighted by Crippen LogP contribution is 2.24. The molecule has 3 heterocycles. The van der Waals surface area contributed by atoms with E-state index in [9.17, 15) is 9.59 Å². The Morgan fingerprint density at radius 3 is 2.66 bits per heavy atom. The molecular formula is C23H28N4O2. The third kappa shape index (κ3) is 3.97. The van der Waals surface area contributed by atoms with Gasteiger partial charge >= 0.3 is 0 Å². The minimum Gasteiger partial charge on any atom is -0.361 e. The van der Waals surface area contributed by atoms with Gasteiger partial charge in [-0.1, -0.05) is 26.8 Å². The third-order valence-corrected chi connectivity index (χ3v) is 5.83. The standard InChI is InChI=1S/C23H28N4O2/c1-23(2,3)20-13-21(28)27(15-25-20)14-16-8-11-26(12-9-16)22(29)18-5-4-6-19-17(18)7-10-24-19/h4-7,10,13,15-16,24H,8-9,11-12,14H2,1-3H3. The fourth-order valence-electron chi connectivity index (χ4n) is 4.01. The van der Waals surface area contributed by atoms with Crippen LogP contribution in [0.25, 0.3) is 10.9 Å². The van der Waals surface area contributed by atoms with Gasteiger partial charge in [0, 0.05) is 53.8 Å². The van der Waals surface area contributed by atoms with Crippen LogP contribution in [0.5, 0.6) is 0 Å². The van der Waals surface area contributed by atoms with Gasteiger partial charge in [0.1, 0.15) is 0 Å². The SMILES string of the molecule is CC(C)(C)c1cc(=O)n(CC2CCN(C(=O)c3cccc4[nH]ccc34)CC2)cn1. The molecule has 1 aliphatic heterocycles. The zero-order valence-corrected chi connectivity index (χ0v) is 17.3. The van der Waals surface area contributed by atoms with Crippen LogP contribution in [-0.2, 0) is 12.0 Å². The van der Waals surface area contributed by atoms with Gasteiger partial charge in [0.25, 0.3) is 11.5 Å². The maximum absolute atomic E-state index is 13.0. The minimum atomic E-state index is -0.133. The van der Waals surface area contributed by atoms with Gasteiger partial charge in [-0.3, -0.25) is 14.2 Å². The Morgan fingerprint density at radius 1 is 1.21 bits per heavy atom. The van der Waals surface area contributed by atoms with Gasteiger partial charge in [0.05, 0.1) is 12.0 Å². The van der Waals surface area contributed by atoms with Crippen molar-refractivity contribution in [1.29, 1.82) is 0 Å². The van der Waals surface area contributed by atoms with E-state index in [1.807, 2.05) is 35.4 Å². The molecular weight excluding hydrogens is 364 g/mol. The van der Waals surface area contributed by atoms with Gasteiger partial charge in [-0.05, 0) is 37.0 Å². The largest absolute Gasteiger partial charge is 0.361 e. The second-order valence-corrected chi connectivity index (χ2v) is 8.99. The Morgan fingerprint density at radius 2 is 1.97 bits per heavy atom. The lowest BCUT2D eigenvalue weighted by Crippen LogP contribution is -2.40. The van der Waals surface area contributed by atoms with Crippen LogP contribution >= 0.6 is 0 Å². The van der Waals surface area contributed by atoms with E-state index in [-0.39, 0.29) is 16.9 Å². The fourth-order valence-corrected chi connectivity index (χ4v) is 4.01. The van der Waals surface area contributed by atoms with Crippen molar-refractivity contribution in [2.45, 2.75) is 45.6 Å². The van der Waals surface area contributed by atoms with Crippen molar-refractivity contribution < 1.29 is 4.79 Å². The highest BCUT2D eigenvalue weighted by molar-refractivity contribution is 6.06. The van der Waals surface area contributed by atoms with Crippen LogP contribution in [-0.4, -0.2) is 38.4 Å². The number of fused-ring (bicyclic) bond motifs is 1. The van der Waals surface area contributed by atoms with Crippen molar-refractivity contribution in [2.24, 2.45) is 5.92 Å². The summed E-state index contributed by atoms with van der Waals surface area (Å²) in [5, 5.41) is 0.969. The molecule has 0 atom stereocenters. The number of carbonyl (C=O) groups excluding carboxylic acids is 1. The maximum Gasteiger partial charge on any atom is 0.254 e. The van der Waals surface area contributed by atoms with Crippen LogP contribution in [0.3, 0.4) is 0 Å². The second kappa shape index (κ2) is 7.50. The van der Waals surface area contributed by atoms with E-state index in [4.69, 9.17) is 0 Å². The summed E-state index contributed by atoms with van der Waals surface area (Å²) in [6, 6.07) is 9.40. The van der Waals surface area contributed by atoms with Crippen LogP contribution in [0.1, 0.15) is 49.7 Å². The van der Waals surface area contributed by atoms with Crippen LogP contribution in [0.2, 0.25) is 0 Å². The summed E-state index contributed by atoms with van der Waals surface area (Å²) in [6.07, 6.45) is 5.32. The van der Waals surface area contributed by atoms with Gasteiger partial charge in [-0.25, -0.2) is 4.98 Å². The molecule has 0 radical (unpaired) electrons. The number of hydrogen-bond acceptors (Lipinski definition) is 3. The highest BCUT2D eigenvalue weighted by Gasteiger charge is 2.25. The third-order valence-electron chi connectivity index (χ3n) is 5.83. The Balaban J connectivity index is 1.40. The number of nitrogens with one attached hydrogen (secondary N) is 1. The Hall–Kier alpha value is -2.89. The van der Waals surface area contributed by atoms with Crippen LogP contribution < -0.4 is 5.56 Å². The van der Waals surface area contributed by atoms with Gasteiger partial charge in [0.15, 0.2) is 0 Å². The number of nitrogens with zero attached hydrogens (tertiary/aromatic N) is 3. The van der Waals surface area contributed by atoms with E-state index >= 15 is 0 Å². The summed E-state index contributed by atoms with van der Waals surface area (Å²) in [5.74, 6) is 0.462. The van der Waals surface area contributed by atoms with Crippen molar-refractivity contribution in [3.63, 3.8) is 0 Å². The molecule has 2 aromatic heterocycles. The molecule has 0 saturated carbocycles. The Kier molecular flexibility index (Phi) is 5.03. The summed E-state index contributed by atoms with van der Waals surface area (Å²) in [4.78, 5) is 35.1. The molecule has 1 aromatic carbocycles. The molecule has 4 rings (SSSR count). The first-order valence-corrected chi connectivity index (χ1v) is 10.3. The number of aromatic nitrogens is 3. The van der Waals surface area contributed by atoms with E-state index in [1.165, 1.54) is 0 Å². The van der Waals surface area contributed by atoms with E-state index in [1.54, 1.807) is 17.0 Å². The number of amides is 1. The molecule has 1 saturated heterocycles. The van der Waals surface area contributed by atoms with Gasteiger partial charge in [0.2, 0.25) is 0 Å². The van der Waals surface area contributed by atoms with Crippen LogP contribution in [0.4, 0.5) is 0 Å². The summed E-state index contributed by atoms with van der Waals surface area (Å²) < 4.78 is 1.71. The number of likely N-dealkylation sites (tertiary alicyclic amines) is 1. The zero-order valence-electron chi connectivity index (χ0n) is 17.3. The number of aromatic amines is 1. The van der Waals surface area contributed by atoms with Gasteiger partial charge in [-0.15, -0.1) is 0 Å². The summed E-state index contributed by atoms with van der Waals surface area (Å²) in [6.45, 7) is 8.25. The molecule has 0 spiro atoms. The van der Waals surface area contributed by atoms with Crippen molar-refractivity contribution >= 4 is 16.8 Å². The number of benzene rings is 1. The van der Waals surface area contributed by atoms with E-state index in [2.05, 4.69) is 30.7 Å². The number of carbonyl (C=O) groups is 1. The fraction of sp³-hybridized carbons (Fsp3) is 0.435. The normalized spacial score (nSPS) is 15.8. The van der Waals surface area contributed by atoms with Crippen LogP contribution in [0.15, 0.2) is 47.7 Å². The lowest BCUT2D eigenvalue weighted by atomic mass is 9.92. The molecule has 1 N–H and O–H groups in total. The van der Waals surface area contributed by atoms with E-state index < -0.39 is 0 Å². The van der Waals surface area contributed by atoms with Crippen molar-refractivity contribution in [3.05, 3.63) is 64.5 Å². The van der Waals surface area contributed by atoms with Crippen molar-refractivity contribution in [1.82, 2.24) is 19.4 Å². The molecule has 29 heavy (non-hydrogen) atoms. The first-order chi connectivity index (χ1) is 13.8. The molecule has 6 nitrogen and oxygen atoms in total. The number of piperidine rings is 1. The number of rotatable bonds is 3. The maximum atomic E-state index is 13.0. The average Bonchev–Trinajstić information content (AvgIpc) is 3.17. The molecule has 6 heteroatoms. The molecule has 152 valence electrons. The number of hydrogen-bond donors (Lipinski definition) is 1. The number of H-pyrrole nitrogens is 1. The predicted octanol–water partition coefficient (Wildman–Crippen LogP) is 3.57. The van der Waals surface area contributed by atoms with Gasteiger partial charge < -0.3 is 9.88 Å². The first-order valence-electron chi connectivity index (χ1n) is 10.3. The lowest BCUT2D eigenvalue weighted by Gasteiger charge is -2.32. The molecule has 0 aliphatic carbocycles. The van der Waals surface area contributed by atoms with E-state index in [0.717, 1.165) is 35.0 Å².